The highest BCUT2D eigenvalue weighted by atomic mass is 19.4. The Balaban J connectivity index is 2.58. The molecule has 17 heavy (non-hydrogen) atoms. The van der Waals surface area contributed by atoms with Crippen LogP contribution in [-0.2, 0) is 11.8 Å². The maximum atomic E-state index is 12.7. The van der Waals surface area contributed by atoms with E-state index in [-0.39, 0.29) is 11.3 Å². The van der Waals surface area contributed by atoms with Gasteiger partial charge in [-0.25, -0.2) is 0 Å². The molecule has 1 saturated carbocycles. The monoisotopic (exact) mass is 248 g/mol. The first-order valence-electron chi connectivity index (χ1n) is 4.99. The number of aliphatic hydroxyl groups is 1. The van der Waals surface area contributed by atoms with Crippen molar-refractivity contribution in [2.45, 2.75) is 24.6 Å². The number of ether oxygens (including phenoxy) is 1. The number of hydrogen-bond acceptors (Lipinski definition) is 3. The Hall–Kier alpha value is -1.43. The van der Waals surface area contributed by atoms with E-state index >= 15 is 0 Å². The quantitative estimate of drug-likeness (QED) is 0.844. The number of phenols is 1. The van der Waals surface area contributed by atoms with Gasteiger partial charge in [-0.3, -0.25) is 0 Å². The van der Waals surface area contributed by atoms with E-state index in [1.165, 1.54) is 6.07 Å². The third kappa shape index (κ3) is 2.04. The fourth-order valence-electron chi connectivity index (χ4n) is 1.66. The summed E-state index contributed by atoms with van der Waals surface area (Å²) in [5.41, 5.74) is -2.27. The summed E-state index contributed by atoms with van der Waals surface area (Å²) in [5.74, 6) is -1.23. The van der Waals surface area contributed by atoms with Gasteiger partial charge in [0.1, 0.15) is 5.56 Å². The lowest BCUT2D eigenvalue weighted by atomic mass is 10.0. The molecule has 0 aliphatic heterocycles. The van der Waals surface area contributed by atoms with Gasteiger partial charge in [-0.2, -0.15) is 13.2 Å². The highest BCUT2D eigenvalue weighted by molar-refractivity contribution is 5.51. The highest BCUT2D eigenvalue weighted by Crippen LogP contribution is 2.50. The number of phenolic OH excluding ortho intramolecular Hbond substituents is 1. The Morgan fingerprint density at radius 1 is 1.29 bits per heavy atom. The molecule has 1 aromatic carbocycles. The van der Waals surface area contributed by atoms with Gasteiger partial charge < -0.3 is 14.9 Å². The second-order valence-electron chi connectivity index (χ2n) is 4.10. The average Bonchev–Trinajstić information content (AvgIpc) is 2.96. The molecule has 0 radical (unpaired) electrons. The van der Waals surface area contributed by atoms with Crippen molar-refractivity contribution in [3.05, 3.63) is 23.3 Å². The summed E-state index contributed by atoms with van der Waals surface area (Å²) in [7, 11) is 1.16. The maximum absolute atomic E-state index is 12.7. The van der Waals surface area contributed by atoms with E-state index in [0.717, 1.165) is 13.2 Å². The van der Waals surface area contributed by atoms with Crippen molar-refractivity contribution >= 4 is 0 Å². The summed E-state index contributed by atoms with van der Waals surface area (Å²) in [6, 6.07) is 2.00. The molecule has 0 atom stereocenters. The van der Waals surface area contributed by atoms with Gasteiger partial charge in [-0.1, -0.05) is 0 Å². The van der Waals surface area contributed by atoms with Crippen LogP contribution in [0, 0.1) is 0 Å². The van der Waals surface area contributed by atoms with Crippen LogP contribution in [0.25, 0.3) is 0 Å². The molecule has 0 saturated heterocycles. The zero-order valence-corrected chi connectivity index (χ0v) is 9.01. The van der Waals surface area contributed by atoms with Gasteiger partial charge in [0.25, 0.3) is 0 Å². The van der Waals surface area contributed by atoms with Crippen molar-refractivity contribution in [1.29, 1.82) is 0 Å². The van der Waals surface area contributed by atoms with E-state index in [0.29, 0.717) is 12.8 Å². The standard InChI is InChI=1S/C11H11F3O3/c1-17-8-5-6(10(16)2-3-10)4-7(9(8)15)11(12,13)14/h4-5,15-16H,2-3H2,1H3. The van der Waals surface area contributed by atoms with E-state index in [9.17, 15) is 23.4 Å². The molecule has 1 fully saturated rings. The number of hydrogen-bond donors (Lipinski definition) is 2. The van der Waals surface area contributed by atoms with Crippen LogP contribution >= 0.6 is 0 Å². The van der Waals surface area contributed by atoms with Gasteiger partial charge in [0.2, 0.25) is 0 Å². The predicted molar refractivity (Wildman–Crippen MR) is 52.8 cm³/mol. The Kier molecular flexibility index (Phi) is 2.50. The van der Waals surface area contributed by atoms with Crippen LogP contribution in [0.5, 0.6) is 11.5 Å². The minimum Gasteiger partial charge on any atom is -0.504 e. The molecule has 0 unspecified atom stereocenters. The van der Waals surface area contributed by atoms with Crippen molar-refractivity contribution in [1.82, 2.24) is 0 Å². The molecule has 94 valence electrons. The second-order valence-corrected chi connectivity index (χ2v) is 4.10. The van der Waals surface area contributed by atoms with Crippen LogP contribution in [0.2, 0.25) is 0 Å². The Morgan fingerprint density at radius 3 is 2.29 bits per heavy atom. The van der Waals surface area contributed by atoms with E-state index in [4.69, 9.17) is 0 Å². The first-order valence-corrected chi connectivity index (χ1v) is 4.99. The molecule has 0 spiro atoms. The van der Waals surface area contributed by atoms with Crippen LogP contribution in [0.1, 0.15) is 24.0 Å². The number of aromatic hydroxyl groups is 1. The lowest BCUT2D eigenvalue weighted by Crippen LogP contribution is -2.11. The fourth-order valence-corrected chi connectivity index (χ4v) is 1.66. The van der Waals surface area contributed by atoms with Gasteiger partial charge in [-0.15, -0.1) is 0 Å². The molecule has 1 aromatic rings. The molecular weight excluding hydrogens is 237 g/mol. The second kappa shape index (κ2) is 3.53. The molecule has 0 amide bonds. The molecule has 1 aliphatic carbocycles. The van der Waals surface area contributed by atoms with E-state index in [1.807, 2.05) is 0 Å². The molecule has 0 heterocycles. The zero-order valence-electron chi connectivity index (χ0n) is 9.01. The Morgan fingerprint density at radius 2 is 1.88 bits per heavy atom. The lowest BCUT2D eigenvalue weighted by Gasteiger charge is -2.16. The number of benzene rings is 1. The summed E-state index contributed by atoms with van der Waals surface area (Å²) >= 11 is 0. The molecule has 0 bridgehead atoms. The van der Waals surface area contributed by atoms with E-state index in [1.54, 1.807) is 0 Å². The van der Waals surface area contributed by atoms with Crippen LogP contribution in [-0.4, -0.2) is 17.3 Å². The average molecular weight is 248 g/mol. The van der Waals surface area contributed by atoms with Crippen LogP contribution in [0.4, 0.5) is 13.2 Å². The van der Waals surface area contributed by atoms with Gasteiger partial charge >= 0.3 is 6.18 Å². The van der Waals surface area contributed by atoms with E-state index in [2.05, 4.69) is 4.74 Å². The lowest BCUT2D eigenvalue weighted by molar-refractivity contribution is -0.139. The van der Waals surface area contributed by atoms with Crippen molar-refractivity contribution < 1.29 is 28.1 Å². The molecule has 0 aromatic heterocycles. The molecule has 1 aliphatic rings. The number of halogens is 3. The fraction of sp³-hybridized carbons (Fsp3) is 0.455. The van der Waals surface area contributed by atoms with Crippen molar-refractivity contribution in [3.8, 4) is 11.5 Å². The molecule has 3 nitrogen and oxygen atoms in total. The first kappa shape index (κ1) is 12.0. The van der Waals surface area contributed by atoms with Gasteiger partial charge in [0, 0.05) is 0 Å². The topological polar surface area (TPSA) is 49.7 Å². The van der Waals surface area contributed by atoms with Crippen molar-refractivity contribution in [2.24, 2.45) is 0 Å². The summed E-state index contributed by atoms with van der Waals surface area (Å²) in [6.45, 7) is 0. The number of rotatable bonds is 2. The molecular formula is C11H11F3O3. The summed E-state index contributed by atoms with van der Waals surface area (Å²) < 4.78 is 42.7. The summed E-state index contributed by atoms with van der Waals surface area (Å²) in [5, 5.41) is 19.2. The minimum atomic E-state index is -4.68. The number of alkyl halides is 3. The van der Waals surface area contributed by atoms with Gasteiger partial charge in [-0.05, 0) is 30.5 Å². The zero-order chi connectivity index (χ0) is 12.8. The summed E-state index contributed by atoms with van der Waals surface area (Å²) in [6.07, 6.45) is -3.85. The predicted octanol–water partition coefficient (Wildman–Crippen LogP) is 2.40. The molecule has 2 rings (SSSR count). The van der Waals surface area contributed by atoms with Gasteiger partial charge in [0.05, 0.1) is 12.7 Å². The number of methoxy groups -OCH3 is 1. The molecule has 2 N–H and O–H groups in total. The largest absolute Gasteiger partial charge is 0.504 e. The van der Waals surface area contributed by atoms with Crippen LogP contribution in [0.3, 0.4) is 0 Å². The first-order chi connectivity index (χ1) is 7.78. The van der Waals surface area contributed by atoms with Crippen molar-refractivity contribution in [3.63, 3.8) is 0 Å². The Labute approximate surface area is 95.4 Å². The van der Waals surface area contributed by atoms with Crippen LogP contribution in [0.15, 0.2) is 12.1 Å². The van der Waals surface area contributed by atoms with Crippen molar-refractivity contribution in [2.75, 3.05) is 7.11 Å². The normalized spacial score (nSPS) is 17.9. The maximum Gasteiger partial charge on any atom is 0.420 e. The Bertz CT molecular complexity index is 450. The highest BCUT2D eigenvalue weighted by Gasteiger charge is 2.45. The minimum absolute atomic E-state index is 0.125. The third-order valence-corrected chi connectivity index (χ3v) is 2.86. The van der Waals surface area contributed by atoms with Crippen LogP contribution < -0.4 is 4.74 Å². The van der Waals surface area contributed by atoms with Gasteiger partial charge in [0.15, 0.2) is 11.5 Å². The summed E-state index contributed by atoms with van der Waals surface area (Å²) in [4.78, 5) is 0. The SMILES string of the molecule is COc1cc(C2(O)CC2)cc(C(F)(F)F)c1O. The smallest absolute Gasteiger partial charge is 0.420 e. The van der Waals surface area contributed by atoms with E-state index < -0.39 is 23.1 Å². The third-order valence-electron chi connectivity index (χ3n) is 2.86. The molecule has 6 heteroatoms.